The standard InChI is InChI=1S/C33H40F2N8O2Si/c1-22(40(2)24-8-9-24)46-21-45-33-38-28-20-41(29-18-37-17-23-5-3-6-27(35)31(23)29)14-11-26(28)32(39-33)42-15-16-43(25(19-42)10-13-36)30(44)7-4-12-34/h3-7,17-18,22,24-25H,8-12,14-16,19-21,46H2,1-2H3/b7-4+/t22-,25+/m1/s1. The van der Waals surface area contributed by atoms with Gasteiger partial charge in [0.25, 0.3) is 0 Å². The van der Waals surface area contributed by atoms with Crippen molar-refractivity contribution in [3.8, 4) is 12.1 Å². The predicted molar refractivity (Wildman–Crippen MR) is 176 cm³/mol. The summed E-state index contributed by atoms with van der Waals surface area (Å²) in [5, 5.41) is 10.8. The molecule has 13 heteroatoms. The number of hydrogen-bond acceptors (Lipinski definition) is 9. The molecule has 1 saturated carbocycles. The number of benzene rings is 1. The van der Waals surface area contributed by atoms with Crippen molar-refractivity contribution in [1.82, 2.24) is 24.8 Å². The molecule has 1 aliphatic carbocycles. The molecule has 2 fully saturated rings. The molecule has 1 amide bonds. The minimum atomic E-state index is -0.721. The van der Waals surface area contributed by atoms with Gasteiger partial charge in [-0.15, -0.1) is 0 Å². The van der Waals surface area contributed by atoms with E-state index in [1.54, 1.807) is 23.4 Å². The van der Waals surface area contributed by atoms with E-state index in [-0.39, 0.29) is 24.2 Å². The molecule has 6 rings (SSSR count). The van der Waals surface area contributed by atoms with E-state index in [0.29, 0.717) is 68.5 Å². The van der Waals surface area contributed by atoms with E-state index >= 15 is 4.39 Å². The lowest BCUT2D eigenvalue weighted by molar-refractivity contribution is -0.128. The Morgan fingerprint density at radius 1 is 1.24 bits per heavy atom. The van der Waals surface area contributed by atoms with E-state index in [4.69, 9.17) is 14.7 Å². The summed E-state index contributed by atoms with van der Waals surface area (Å²) in [7, 11) is 1.60. The molecule has 3 aromatic rings. The van der Waals surface area contributed by atoms with Crippen LogP contribution in [0.15, 0.2) is 42.7 Å². The van der Waals surface area contributed by atoms with E-state index in [1.165, 1.54) is 31.1 Å². The molecule has 0 radical (unpaired) electrons. The van der Waals surface area contributed by atoms with Gasteiger partial charge in [-0.1, -0.05) is 19.1 Å². The Balaban J connectivity index is 1.29. The minimum absolute atomic E-state index is 0.147. The maximum atomic E-state index is 15.1. The van der Waals surface area contributed by atoms with Crippen molar-refractivity contribution in [2.75, 3.05) is 55.9 Å². The number of nitriles is 1. The van der Waals surface area contributed by atoms with Crippen LogP contribution >= 0.6 is 0 Å². The van der Waals surface area contributed by atoms with Crippen LogP contribution in [0, 0.1) is 17.1 Å². The SMILES string of the molecule is C[C@@H]([SiH2]COc1nc2c(c(N3CCN(C(=O)/C=C/CF)[C@@H](CC#N)C3)n1)CCN(c1cncc3cccc(F)c13)C2)N(C)C1CC1. The summed E-state index contributed by atoms with van der Waals surface area (Å²) in [4.78, 5) is 35.3. The Morgan fingerprint density at radius 2 is 2.09 bits per heavy atom. The molecular weight excluding hydrogens is 606 g/mol. The highest BCUT2D eigenvalue weighted by molar-refractivity contribution is 6.37. The third kappa shape index (κ3) is 6.83. The molecule has 0 N–H and O–H groups in total. The molecule has 2 aromatic heterocycles. The fourth-order valence-electron chi connectivity index (χ4n) is 6.56. The van der Waals surface area contributed by atoms with Crippen LogP contribution in [-0.2, 0) is 17.8 Å². The third-order valence-corrected chi connectivity index (χ3v) is 11.3. The van der Waals surface area contributed by atoms with Crippen LogP contribution in [0.1, 0.15) is 37.4 Å². The second-order valence-electron chi connectivity index (χ2n) is 12.4. The number of carbonyl (C=O) groups is 1. The zero-order chi connectivity index (χ0) is 32.2. The summed E-state index contributed by atoms with van der Waals surface area (Å²) in [6.07, 6.45) is 9.70. The van der Waals surface area contributed by atoms with Crippen LogP contribution in [0.3, 0.4) is 0 Å². The molecule has 0 unspecified atom stereocenters. The highest BCUT2D eigenvalue weighted by Crippen LogP contribution is 2.35. The molecule has 2 atom stereocenters. The second kappa shape index (κ2) is 14.1. The van der Waals surface area contributed by atoms with Crippen molar-refractivity contribution in [2.45, 2.75) is 56.9 Å². The number of carbonyl (C=O) groups excluding carboxylic acids is 1. The number of allylic oxidation sites excluding steroid dienone is 1. The molecule has 1 saturated heterocycles. The summed E-state index contributed by atoms with van der Waals surface area (Å²) in [6.45, 7) is 3.88. The number of piperazine rings is 1. The second-order valence-corrected chi connectivity index (χ2v) is 14.5. The first-order chi connectivity index (χ1) is 22.4. The van der Waals surface area contributed by atoms with Gasteiger partial charge in [0, 0.05) is 60.8 Å². The van der Waals surface area contributed by atoms with Gasteiger partial charge in [0.05, 0.1) is 58.4 Å². The molecule has 1 aromatic carbocycles. The van der Waals surface area contributed by atoms with E-state index in [9.17, 15) is 14.4 Å². The maximum absolute atomic E-state index is 15.1. The topological polar surface area (TPSA) is 102 Å². The van der Waals surface area contributed by atoms with Gasteiger partial charge in [0.2, 0.25) is 5.91 Å². The van der Waals surface area contributed by atoms with Gasteiger partial charge in [0.1, 0.15) is 18.3 Å². The Bertz CT molecular complexity index is 1640. The van der Waals surface area contributed by atoms with Crippen LogP contribution in [0.4, 0.5) is 20.3 Å². The van der Waals surface area contributed by atoms with Crippen LogP contribution in [0.2, 0.25) is 0 Å². The Labute approximate surface area is 270 Å². The smallest absolute Gasteiger partial charge is 0.318 e. The van der Waals surface area contributed by atoms with Crippen molar-refractivity contribution in [3.63, 3.8) is 0 Å². The highest BCUT2D eigenvalue weighted by Gasteiger charge is 2.34. The first-order valence-corrected chi connectivity index (χ1v) is 17.9. The van der Waals surface area contributed by atoms with E-state index in [1.807, 2.05) is 6.07 Å². The largest absolute Gasteiger partial charge is 0.468 e. The first-order valence-electron chi connectivity index (χ1n) is 16.0. The van der Waals surface area contributed by atoms with E-state index in [0.717, 1.165) is 28.1 Å². The lowest BCUT2D eigenvalue weighted by Gasteiger charge is -2.42. The molecule has 242 valence electrons. The molecule has 4 heterocycles. The van der Waals surface area contributed by atoms with Crippen molar-refractivity contribution < 1.29 is 18.3 Å². The maximum Gasteiger partial charge on any atom is 0.318 e. The fourth-order valence-corrected chi connectivity index (χ4v) is 7.90. The van der Waals surface area contributed by atoms with Gasteiger partial charge in [-0.25, -0.2) is 8.78 Å². The van der Waals surface area contributed by atoms with Crippen LogP contribution < -0.4 is 14.5 Å². The van der Waals surface area contributed by atoms with Crippen molar-refractivity contribution in [1.29, 1.82) is 5.26 Å². The average Bonchev–Trinajstić information content (AvgIpc) is 3.92. The summed E-state index contributed by atoms with van der Waals surface area (Å²) < 4.78 is 34.0. The number of amides is 1. The minimum Gasteiger partial charge on any atom is -0.468 e. The summed E-state index contributed by atoms with van der Waals surface area (Å²) in [5.41, 5.74) is 3.02. The lowest BCUT2D eigenvalue weighted by atomic mass is 10.0. The molecule has 2 aliphatic heterocycles. The lowest BCUT2D eigenvalue weighted by Crippen LogP contribution is -2.55. The number of ether oxygens (including phenoxy) is 1. The van der Waals surface area contributed by atoms with Crippen molar-refractivity contribution in [3.05, 3.63) is 59.8 Å². The predicted octanol–water partition coefficient (Wildman–Crippen LogP) is 3.13. The van der Waals surface area contributed by atoms with E-state index < -0.39 is 16.2 Å². The fraction of sp³-hybridized carbons (Fsp3) is 0.485. The molecular formula is C33H40F2N8O2Si. The van der Waals surface area contributed by atoms with Gasteiger partial charge < -0.3 is 24.3 Å². The molecule has 10 nitrogen and oxygen atoms in total. The number of rotatable bonds is 11. The summed E-state index contributed by atoms with van der Waals surface area (Å²) in [6, 6.07) is 7.85. The van der Waals surface area contributed by atoms with Gasteiger partial charge in [-0.05, 0) is 44.1 Å². The van der Waals surface area contributed by atoms with Gasteiger partial charge in [0.15, 0.2) is 0 Å². The number of alkyl halides is 1. The van der Waals surface area contributed by atoms with Crippen molar-refractivity contribution in [2.24, 2.45) is 0 Å². The van der Waals surface area contributed by atoms with Gasteiger partial charge >= 0.3 is 6.01 Å². The van der Waals surface area contributed by atoms with Crippen LogP contribution in [-0.4, -0.2) is 104 Å². The van der Waals surface area contributed by atoms with Crippen LogP contribution in [0.25, 0.3) is 10.8 Å². The number of hydrogen-bond donors (Lipinski definition) is 0. The van der Waals surface area contributed by atoms with Gasteiger partial charge in [-0.3, -0.25) is 9.78 Å². The molecule has 0 bridgehead atoms. The average molecular weight is 647 g/mol. The zero-order valence-electron chi connectivity index (χ0n) is 26.4. The van der Waals surface area contributed by atoms with Crippen LogP contribution in [0.5, 0.6) is 6.01 Å². The van der Waals surface area contributed by atoms with Crippen molar-refractivity contribution >= 4 is 37.7 Å². The number of aromatic nitrogens is 3. The quantitative estimate of drug-likeness (QED) is 0.230. The Hall–Kier alpha value is -4.15. The number of pyridine rings is 1. The normalized spacial score (nSPS) is 19.3. The number of halogens is 2. The monoisotopic (exact) mass is 646 g/mol. The molecule has 46 heavy (non-hydrogen) atoms. The third-order valence-electron chi connectivity index (χ3n) is 9.40. The first kappa shape index (κ1) is 31.8. The summed E-state index contributed by atoms with van der Waals surface area (Å²) >= 11 is 0. The Morgan fingerprint density at radius 3 is 2.87 bits per heavy atom. The van der Waals surface area contributed by atoms with E-state index in [2.05, 4.69) is 39.7 Å². The number of anilines is 2. The highest BCUT2D eigenvalue weighted by atomic mass is 28.2. The number of fused-ring (bicyclic) bond motifs is 2. The molecule has 0 spiro atoms. The number of nitrogens with zero attached hydrogens (tertiary/aromatic N) is 8. The zero-order valence-corrected chi connectivity index (χ0v) is 27.8. The Kier molecular flexibility index (Phi) is 9.74. The molecule has 3 aliphatic rings. The summed E-state index contributed by atoms with van der Waals surface area (Å²) in [5.74, 6) is 0.162. The van der Waals surface area contributed by atoms with Gasteiger partial charge in [-0.2, -0.15) is 15.2 Å².